The van der Waals surface area contributed by atoms with Gasteiger partial charge in [-0.15, -0.1) is 12.4 Å². The van der Waals surface area contributed by atoms with Crippen LogP contribution in [0.5, 0.6) is 0 Å². The summed E-state index contributed by atoms with van der Waals surface area (Å²) in [5.74, 6) is 0.440. The minimum absolute atomic E-state index is 0. The van der Waals surface area contributed by atoms with Gasteiger partial charge in [0.05, 0.1) is 17.5 Å². The van der Waals surface area contributed by atoms with Gasteiger partial charge in [0.2, 0.25) is 0 Å². The van der Waals surface area contributed by atoms with Crippen molar-refractivity contribution in [1.29, 1.82) is 0 Å². The lowest BCUT2D eigenvalue weighted by atomic mass is 9.67. The van der Waals surface area contributed by atoms with E-state index in [-0.39, 0.29) is 36.2 Å². The highest BCUT2D eigenvalue weighted by Gasteiger charge is 2.40. The van der Waals surface area contributed by atoms with Gasteiger partial charge in [-0.2, -0.15) is 5.10 Å². The Hall–Kier alpha value is -1.92. The van der Waals surface area contributed by atoms with Crippen LogP contribution in [0, 0.1) is 24.6 Å². The molecule has 2 aromatic rings. The number of amides is 1. The van der Waals surface area contributed by atoms with E-state index in [1.54, 1.807) is 25.1 Å². The number of benzene rings is 1. The van der Waals surface area contributed by atoms with Crippen LogP contribution < -0.4 is 11.1 Å². The second kappa shape index (κ2) is 7.98. The van der Waals surface area contributed by atoms with Gasteiger partial charge in [-0.1, -0.05) is 18.6 Å². The molecule has 2 unspecified atom stereocenters. The molecule has 0 aliphatic heterocycles. The van der Waals surface area contributed by atoms with Crippen molar-refractivity contribution in [3.63, 3.8) is 0 Å². The Morgan fingerprint density at radius 3 is 2.59 bits per heavy atom. The van der Waals surface area contributed by atoms with Gasteiger partial charge in [0, 0.05) is 12.1 Å². The number of nitrogens with one attached hydrogen (secondary N) is 1. The van der Waals surface area contributed by atoms with Crippen LogP contribution >= 0.6 is 12.4 Å². The third-order valence-corrected chi connectivity index (χ3v) is 6.01. The first-order valence-corrected chi connectivity index (χ1v) is 9.40. The highest BCUT2D eigenvalue weighted by Crippen LogP contribution is 2.39. The van der Waals surface area contributed by atoms with Crippen LogP contribution in [0.25, 0.3) is 5.69 Å². The normalized spacial score (nSPS) is 26.9. The molecule has 0 spiro atoms. The summed E-state index contributed by atoms with van der Waals surface area (Å²) in [5, 5.41) is 7.48. The number of hydrogen-bond acceptors (Lipinski definition) is 3. The highest BCUT2D eigenvalue weighted by atomic mass is 35.5. The molecular formula is C20H26ClFN4O. The number of fused-ring (bicyclic) bond motifs is 2. The fourth-order valence-electron chi connectivity index (χ4n) is 4.75. The number of nitrogens with two attached hydrogens (primary N) is 1. The van der Waals surface area contributed by atoms with Crippen molar-refractivity contribution in [3.8, 4) is 5.69 Å². The number of hydrogen-bond donors (Lipinski definition) is 2. The minimum Gasteiger partial charge on any atom is -0.349 e. The number of aromatic nitrogens is 2. The topological polar surface area (TPSA) is 72.9 Å². The summed E-state index contributed by atoms with van der Waals surface area (Å²) in [6.45, 7) is 1.80. The Morgan fingerprint density at radius 2 is 1.93 bits per heavy atom. The summed E-state index contributed by atoms with van der Waals surface area (Å²) in [4.78, 5) is 12.9. The Morgan fingerprint density at radius 1 is 1.26 bits per heavy atom. The van der Waals surface area contributed by atoms with Crippen molar-refractivity contribution in [3.05, 3.63) is 47.5 Å². The van der Waals surface area contributed by atoms with Gasteiger partial charge < -0.3 is 11.1 Å². The summed E-state index contributed by atoms with van der Waals surface area (Å²) in [5.41, 5.74) is 7.67. The molecule has 1 aromatic carbocycles. The number of rotatable bonds is 3. The Balaban J connectivity index is 0.00000210. The third-order valence-electron chi connectivity index (χ3n) is 6.01. The lowest BCUT2D eigenvalue weighted by Crippen LogP contribution is -2.53. The lowest BCUT2D eigenvalue weighted by molar-refractivity contribution is 0.0755. The molecule has 2 aliphatic carbocycles. The van der Waals surface area contributed by atoms with Crippen LogP contribution in [-0.4, -0.2) is 27.8 Å². The molecule has 0 radical (unpaired) electrons. The van der Waals surface area contributed by atoms with Gasteiger partial charge in [0.1, 0.15) is 11.5 Å². The van der Waals surface area contributed by atoms with E-state index in [0.29, 0.717) is 28.8 Å². The number of carbonyl (C=O) groups excluding carboxylic acids is 1. The van der Waals surface area contributed by atoms with Crippen molar-refractivity contribution in [2.45, 2.75) is 51.1 Å². The summed E-state index contributed by atoms with van der Waals surface area (Å²) >= 11 is 0. The molecule has 3 N–H and O–H groups in total. The predicted molar refractivity (Wildman–Crippen MR) is 105 cm³/mol. The molecule has 1 heterocycles. The molecule has 2 atom stereocenters. The lowest BCUT2D eigenvalue weighted by Gasteiger charge is -2.45. The number of carbonyl (C=O) groups is 1. The summed E-state index contributed by atoms with van der Waals surface area (Å²) in [6, 6.07) is 6.88. The SMILES string of the molecule is Cc1c(C(=O)NC2C3CCCC2CC(N)C3)cnn1-c1ccccc1F.Cl. The first kappa shape index (κ1) is 19.8. The summed E-state index contributed by atoms with van der Waals surface area (Å²) in [7, 11) is 0. The maximum atomic E-state index is 14.1. The van der Waals surface area contributed by atoms with E-state index in [9.17, 15) is 9.18 Å². The Kier molecular flexibility index (Phi) is 5.86. The first-order valence-electron chi connectivity index (χ1n) is 9.40. The van der Waals surface area contributed by atoms with Gasteiger partial charge >= 0.3 is 0 Å². The van der Waals surface area contributed by atoms with Crippen LogP contribution in [0.15, 0.2) is 30.5 Å². The zero-order valence-corrected chi connectivity index (χ0v) is 16.2. The second-order valence-electron chi connectivity index (χ2n) is 7.69. The van der Waals surface area contributed by atoms with E-state index < -0.39 is 0 Å². The Labute approximate surface area is 164 Å². The van der Waals surface area contributed by atoms with Crippen LogP contribution in [0.4, 0.5) is 4.39 Å². The van der Waals surface area contributed by atoms with E-state index in [0.717, 1.165) is 25.7 Å². The smallest absolute Gasteiger partial charge is 0.254 e. The van der Waals surface area contributed by atoms with Crippen LogP contribution in [0.1, 0.15) is 48.2 Å². The highest BCUT2D eigenvalue weighted by molar-refractivity contribution is 5.95. The number of nitrogens with zero attached hydrogens (tertiary/aromatic N) is 2. The van der Waals surface area contributed by atoms with Crippen LogP contribution in [-0.2, 0) is 0 Å². The van der Waals surface area contributed by atoms with E-state index in [1.807, 2.05) is 0 Å². The van der Waals surface area contributed by atoms with E-state index in [2.05, 4.69) is 10.4 Å². The molecule has 5 nitrogen and oxygen atoms in total. The molecule has 1 aromatic heterocycles. The quantitative estimate of drug-likeness (QED) is 0.841. The van der Waals surface area contributed by atoms with E-state index in [1.165, 1.54) is 23.4 Å². The average molecular weight is 393 g/mol. The van der Waals surface area contributed by atoms with Crippen LogP contribution in [0.2, 0.25) is 0 Å². The zero-order valence-electron chi connectivity index (χ0n) is 15.4. The van der Waals surface area contributed by atoms with Crippen molar-refractivity contribution in [2.24, 2.45) is 17.6 Å². The number of halogens is 2. The molecule has 0 saturated heterocycles. The third kappa shape index (κ3) is 3.73. The molecule has 146 valence electrons. The maximum absolute atomic E-state index is 14.1. The van der Waals surface area contributed by atoms with E-state index >= 15 is 0 Å². The average Bonchev–Trinajstić information content (AvgIpc) is 2.97. The zero-order chi connectivity index (χ0) is 18.3. The fraction of sp³-hybridized carbons (Fsp3) is 0.500. The first-order chi connectivity index (χ1) is 12.5. The van der Waals surface area contributed by atoms with Crippen molar-refractivity contribution >= 4 is 18.3 Å². The molecule has 1 amide bonds. The molecule has 27 heavy (non-hydrogen) atoms. The van der Waals surface area contributed by atoms with Crippen molar-refractivity contribution < 1.29 is 9.18 Å². The molecule has 2 saturated carbocycles. The second-order valence-corrected chi connectivity index (χ2v) is 7.69. The Bertz CT molecular complexity index is 810. The van der Waals surface area contributed by atoms with Crippen molar-refractivity contribution in [1.82, 2.24) is 15.1 Å². The monoisotopic (exact) mass is 392 g/mol. The molecule has 2 fully saturated rings. The molecular weight excluding hydrogens is 367 g/mol. The van der Waals surface area contributed by atoms with Gasteiger partial charge in [0.25, 0.3) is 5.91 Å². The fourth-order valence-corrected chi connectivity index (χ4v) is 4.75. The van der Waals surface area contributed by atoms with Gasteiger partial charge in [-0.25, -0.2) is 9.07 Å². The van der Waals surface area contributed by atoms with E-state index in [4.69, 9.17) is 5.73 Å². The summed E-state index contributed by atoms with van der Waals surface area (Å²) in [6.07, 6.45) is 6.97. The van der Waals surface area contributed by atoms with Gasteiger partial charge in [-0.05, 0) is 56.6 Å². The van der Waals surface area contributed by atoms with Gasteiger partial charge in [0.15, 0.2) is 0 Å². The largest absolute Gasteiger partial charge is 0.349 e. The molecule has 2 bridgehead atoms. The maximum Gasteiger partial charge on any atom is 0.254 e. The summed E-state index contributed by atoms with van der Waals surface area (Å²) < 4.78 is 15.5. The predicted octanol–water partition coefficient (Wildman–Crippen LogP) is 3.38. The standard InChI is InChI=1S/C20H25FN4O.ClH/c1-12-16(11-23-25(12)18-8-3-2-7-17(18)21)20(26)24-19-13-5-4-6-14(19)10-15(22)9-13;/h2-3,7-8,11,13-15,19H,4-6,9-10,22H2,1H3,(H,24,26);1H. The molecule has 4 rings (SSSR count). The van der Waals surface area contributed by atoms with Crippen LogP contribution in [0.3, 0.4) is 0 Å². The van der Waals surface area contributed by atoms with Crippen molar-refractivity contribution in [2.75, 3.05) is 0 Å². The molecule has 7 heteroatoms. The minimum atomic E-state index is -0.360. The number of para-hydroxylation sites is 1. The van der Waals surface area contributed by atoms with Gasteiger partial charge in [-0.3, -0.25) is 4.79 Å². The molecule has 2 aliphatic rings.